The first-order chi connectivity index (χ1) is 8.89. The van der Waals surface area contributed by atoms with E-state index in [1.165, 1.54) is 0 Å². The Kier molecular flexibility index (Phi) is 3.94. The Morgan fingerprint density at radius 2 is 1.95 bits per heavy atom. The van der Waals surface area contributed by atoms with E-state index >= 15 is 0 Å². The van der Waals surface area contributed by atoms with Crippen LogP contribution in [0, 0.1) is 12.8 Å². The molecule has 0 aromatic heterocycles. The molecule has 104 valence electrons. The van der Waals surface area contributed by atoms with Gasteiger partial charge in [-0.2, -0.15) is 0 Å². The minimum absolute atomic E-state index is 0.0160. The van der Waals surface area contributed by atoms with Gasteiger partial charge in [-0.05, 0) is 31.2 Å². The lowest BCUT2D eigenvalue weighted by Crippen LogP contribution is -2.32. The lowest BCUT2D eigenvalue weighted by Gasteiger charge is -2.27. The second-order valence-electron chi connectivity index (χ2n) is 5.24. The van der Waals surface area contributed by atoms with Crippen LogP contribution >= 0.6 is 0 Å². The Labute approximate surface area is 113 Å². The summed E-state index contributed by atoms with van der Waals surface area (Å²) in [5.74, 6) is -1.82. The summed E-state index contributed by atoms with van der Waals surface area (Å²) in [5, 5.41) is 9.42. The average molecular weight is 282 g/mol. The second-order valence-corrected chi connectivity index (χ2v) is 7.47. The first-order valence-electron chi connectivity index (χ1n) is 6.39. The molecule has 1 N–H and O–H groups in total. The Balaban J connectivity index is 2.30. The van der Waals surface area contributed by atoms with Crippen molar-refractivity contribution >= 4 is 15.8 Å². The molecule has 0 bridgehead atoms. The highest BCUT2D eigenvalue weighted by atomic mass is 32.2. The van der Waals surface area contributed by atoms with E-state index in [1.54, 1.807) is 12.1 Å². The number of carbonyl (C=O) groups is 1. The third kappa shape index (κ3) is 3.35. The van der Waals surface area contributed by atoms with E-state index in [9.17, 15) is 18.3 Å². The summed E-state index contributed by atoms with van der Waals surface area (Å²) in [6.45, 7) is 1.94. The smallest absolute Gasteiger partial charge is 0.311 e. The molecule has 1 aromatic rings. The molecule has 0 aliphatic carbocycles. The molecule has 1 aliphatic heterocycles. The maximum atomic E-state index is 11.7. The van der Waals surface area contributed by atoms with Crippen LogP contribution in [0.1, 0.15) is 29.9 Å². The number of aryl methyl sites for hydroxylation is 1. The molecular formula is C14H18O4S. The molecule has 1 fully saturated rings. The highest BCUT2D eigenvalue weighted by Crippen LogP contribution is 2.33. The van der Waals surface area contributed by atoms with Crippen LogP contribution in [0.3, 0.4) is 0 Å². The number of rotatable bonds is 3. The largest absolute Gasteiger partial charge is 0.481 e. The number of hydrogen-bond acceptors (Lipinski definition) is 3. The molecule has 2 atom stereocenters. The van der Waals surface area contributed by atoms with E-state index in [0.717, 1.165) is 5.56 Å². The Morgan fingerprint density at radius 3 is 2.47 bits per heavy atom. The van der Waals surface area contributed by atoms with Crippen LogP contribution in [0.5, 0.6) is 0 Å². The van der Waals surface area contributed by atoms with Crippen LogP contribution in [-0.4, -0.2) is 31.0 Å². The SMILES string of the molecule is Cc1ccc(C(C(=O)O)C2CCCS(=O)(=O)C2)cc1. The number of carboxylic acids is 1. The maximum Gasteiger partial charge on any atom is 0.311 e. The van der Waals surface area contributed by atoms with Gasteiger partial charge in [0.05, 0.1) is 17.4 Å². The van der Waals surface area contributed by atoms with Gasteiger partial charge in [0.15, 0.2) is 9.84 Å². The van der Waals surface area contributed by atoms with Gasteiger partial charge in [0.1, 0.15) is 0 Å². The normalized spacial score (nSPS) is 23.7. The lowest BCUT2D eigenvalue weighted by atomic mass is 9.84. The highest BCUT2D eigenvalue weighted by Gasteiger charge is 2.35. The van der Waals surface area contributed by atoms with E-state index in [0.29, 0.717) is 18.4 Å². The van der Waals surface area contributed by atoms with Crippen molar-refractivity contribution in [1.29, 1.82) is 0 Å². The maximum absolute atomic E-state index is 11.7. The Hall–Kier alpha value is -1.36. The van der Waals surface area contributed by atoms with Gasteiger partial charge < -0.3 is 5.11 Å². The zero-order valence-corrected chi connectivity index (χ0v) is 11.7. The first-order valence-corrected chi connectivity index (χ1v) is 8.21. The van der Waals surface area contributed by atoms with Gasteiger partial charge in [-0.3, -0.25) is 4.79 Å². The fourth-order valence-electron chi connectivity index (χ4n) is 2.71. The van der Waals surface area contributed by atoms with Crippen molar-refractivity contribution in [1.82, 2.24) is 0 Å². The highest BCUT2D eigenvalue weighted by molar-refractivity contribution is 7.91. The van der Waals surface area contributed by atoms with Crippen molar-refractivity contribution in [2.45, 2.75) is 25.7 Å². The molecule has 0 saturated carbocycles. The minimum atomic E-state index is -3.09. The summed E-state index contributed by atoms with van der Waals surface area (Å²) in [5.41, 5.74) is 1.75. The van der Waals surface area contributed by atoms with Crippen LogP contribution in [0.4, 0.5) is 0 Å². The molecule has 2 unspecified atom stereocenters. The molecule has 2 rings (SSSR count). The van der Waals surface area contributed by atoms with E-state index in [2.05, 4.69) is 0 Å². The molecule has 0 amide bonds. The van der Waals surface area contributed by atoms with Gasteiger partial charge in [-0.15, -0.1) is 0 Å². The summed E-state index contributed by atoms with van der Waals surface area (Å²) in [7, 11) is -3.09. The molecule has 1 heterocycles. The summed E-state index contributed by atoms with van der Waals surface area (Å²) in [6.07, 6.45) is 1.21. The van der Waals surface area contributed by atoms with Gasteiger partial charge in [-0.1, -0.05) is 29.8 Å². The zero-order chi connectivity index (χ0) is 14.0. The van der Waals surface area contributed by atoms with Gasteiger partial charge >= 0.3 is 5.97 Å². The van der Waals surface area contributed by atoms with E-state index in [4.69, 9.17) is 0 Å². The fraction of sp³-hybridized carbons (Fsp3) is 0.500. The second kappa shape index (κ2) is 5.33. The van der Waals surface area contributed by atoms with Crippen molar-refractivity contribution in [3.05, 3.63) is 35.4 Å². The topological polar surface area (TPSA) is 71.4 Å². The van der Waals surface area contributed by atoms with E-state index in [-0.39, 0.29) is 17.4 Å². The lowest BCUT2D eigenvalue weighted by molar-refractivity contribution is -0.140. The minimum Gasteiger partial charge on any atom is -0.481 e. The van der Waals surface area contributed by atoms with Crippen molar-refractivity contribution in [3.8, 4) is 0 Å². The summed E-state index contributed by atoms with van der Waals surface area (Å²) >= 11 is 0. The Bertz CT molecular complexity index is 560. The molecule has 4 nitrogen and oxygen atoms in total. The first kappa shape index (κ1) is 14.1. The quantitative estimate of drug-likeness (QED) is 0.920. The van der Waals surface area contributed by atoms with Crippen molar-refractivity contribution < 1.29 is 18.3 Å². The number of benzene rings is 1. The molecule has 0 spiro atoms. The van der Waals surface area contributed by atoms with Crippen LogP contribution in [0.25, 0.3) is 0 Å². The van der Waals surface area contributed by atoms with Crippen molar-refractivity contribution in [2.24, 2.45) is 5.92 Å². The summed E-state index contributed by atoms with van der Waals surface area (Å²) < 4.78 is 23.4. The van der Waals surface area contributed by atoms with Gasteiger partial charge in [-0.25, -0.2) is 8.42 Å². The third-order valence-corrected chi connectivity index (χ3v) is 5.52. The molecule has 0 radical (unpaired) electrons. The summed E-state index contributed by atoms with van der Waals surface area (Å²) in [6, 6.07) is 7.30. The number of hydrogen-bond donors (Lipinski definition) is 1. The molecular weight excluding hydrogens is 264 g/mol. The number of sulfone groups is 1. The monoisotopic (exact) mass is 282 g/mol. The molecule has 1 aromatic carbocycles. The molecule has 5 heteroatoms. The van der Waals surface area contributed by atoms with Crippen LogP contribution in [-0.2, 0) is 14.6 Å². The predicted octanol–water partition coefficient (Wildman–Crippen LogP) is 1.99. The third-order valence-electron chi connectivity index (χ3n) is 3.67. The summed E-state index contributed by atoms with van der Waals surface area (Å²) in [4.78, 5) is 11.5. The Morgan fingerprint density at radius 1 is 1.32 bits per heavy atom. The van der Waals surface area contributed by atoms with Crippen LogP contribution in [0.15, 0.2) is 24.3 Å². The van der Waals surface area contributed by atoms with Gasteiger partial charge in [0.25, 0.3) is 0 Å². The number of aliphatic carboxylic acids is 1. The van der Waals surface area contributed by atoms with Gasteiger partial charge in [0.2, 0.25) is 0 Å². The predicted molar refractivity (Wildman–Crippen MR) is 72.9 cm³/mol. The van der Waals surface area contributed by atoms with Gasteiger partial charge in [0, 0.05) is 0 Å². The van der Waals surface area contributed by atoms with E-state index in [1.807, 2.05) is 19.1 Å². The van der Waals surface area contributed by atoms with E-state index < -0.39 is 21.7 Å². The molecule has 19 heavy (non-hydrogen) atoms. The van der Waals surface area contributed by atoms with Crippen molar-refractivity contribution in [2.75, 3.05) is 11.5 Å². The number of carboxylic acid groups (broad SMARTS) is 1. The standard InChI is InChI=1S/C14H18O4S/c1-10-4-6-11(7-5-10)13(14(15)16)12-3-2-8-19(17,18)9-12/h4-7,12-13H,2-3,8-9H2,1H3,(H,15,16). The van der Waals surface area contributed by atoms with Crippen molar-refractivity contribution in [3.63, 3.8) is 0 Å². The molecule has 1 aliphatic rings. The zero-order valence-electron chi connectivity index (χ0n) is 10.9. The van der Waals surface area contributed by atoms with Crippen LogP contribution in [0.2, 0.25) is 0 Å². The van der Waals surface area contributed by atoms with Crippen LogP contribution < -0.4 is 0 Å². The fourth-order valence-corrected chi connectivity index (χ4v) is 4.50. The average Bonchev–Trinajstić information content (AvgIpc) is 2.30. The molecule has 1 saturated heterocycles.